The minimum Gasteiger partial charge on any atom is -0.480 e. The van der Waals surface area contributed by atoms with Gasteiger partial charge in [-0.2, -0.15) is 5.06 Å². The summed E-state index contributed by atoms with van der Waals surface area (Å²) in [6.45, 7) is 14.7. The number of aliphatic hydroxyl groups is 1. The number of hydrogen-bond donors (Lipinski definition) is 8. The SMILES string of the molecule is CC(C)(C)OC(=O)N[C@@H](CCCN=C(N)N[N+](=O)[O-])C(=O)O.CC(C)COC(=O)Cl.COC.CON(C)[C@@H](O)[C@H](CCCN=C(N)N[N+](=O)[O-])NC(=O)OC(C)(C)C. The number of carbonyl (C=O) groups excluding carboxylic acids is 3. The van der Waals surface area contributed by atoms with Gasteiger partial charge in [-0.25, -0.2) is 49.4 Å². The first kappa shape index (κ1) is 59.6. The van der Waals surface area contributed by atoms with Gasteiger partial charge in [0.05, 0.1) is 19.8 Å². The highest BCUT2D eigenvalue weighted by molar-refractivity contribution is 6.61. The number of rotatable bonds is 18. The Morgan fingerprint density at radius 3 is 1.53 bits per heavy atom. The molecule has 0 spiro atoms. The Hall–Kier alpha value is -5.05. The summed E-state index contributed by atoms with van der Waals surface area (Å²) in [5.74, 6) is -1.56. The van der Waals surface area contributed by atoms with Gasteiger partial charge in [-0.1, -0.05) is 24.7 Å². The highest BCUT2D eigenvalue weighted by Crippen LogP contribution is 2.11. The number of alkyl carbamates (subject to hydrolysis) is 2. The molecule has 0 fully saturated rings. The van der Waals surface area contributed by atoms with Crippen molar-refractivity contribution in [3.05, 3.63) is 20.2 Å². The number of hydrazine groups is 2. The van der Waals surface area contributed by atoms with Gasteiger partial charge in [-0.3, -0.25) is 4.84 Å². The number of aliphatic hydroxyl groups excluding tert-OH is 1. The summed E-state index contributed by atoms with van der Waals surface area (Å²) in [4.78, 5) is 77.0. The third kappa shape index (κ3) is 43.7. The van der Waals surface area contributed by atoms with Gasteiger partial charge < -0.3 is 51.3 Å². The first-order valence-corrected chi connectivity index (χ1v) is 17.7. The number of aliphatic imine (C=N–C) groups is 2. The standard InChI is InChI=1S/C13H28N6O6.C11H21N5O6.C5H9ClO2.C2H6O/c1-13(2,3)25-12(21)16-9(10(20)18(4)24-5)7-6-8-15-11(14)17-19(22)23;1-11(2,3)22-10(19)14-7(8(17)18)5-4-6-13-9(12)15-16(20)21;1-4(2)3-8-5(6)7;1-3-2/h9-10,20H,6-8H2,1-5H3,(H,16,21)(H3,14,15,17);7H,4-6H2,1-3H3,(H,14,19)(H,17,18)(H3,12,13,15);4H,3H2,1-2H3;1-2H3/t9-,10-;7-;;/m00../s1. The van der Waals surface area contributed by atoms with E-state index in [2.05, 4.69) is 30.1 Å². The lowest BCUT2D eigenvalue weighted by atomic mass is 10.1. The van der Waals surface area contributed by atoms with Crippen LogP contribution in [-0.2, 0) is 28.6 Å². The number of nitrogens with one attached hydrogen (secondary N) is 4. The molecule has 0 aliphatic carbocycles. The molecule has 0 aromatic carbocycles. The second kappa shape index (κ2) is 33.0. The van der Waals surface area contributed by atoms with Gasteiger partial charge in [0.2, 0.25) is 0 Å². The van der Waals surface area contributed by atoms with Gasteiger partial charge in [0.15, 0.2) is 10.1 Å². The summed E-state index contributed by atoms with van der Waals surface area (Å²) in [7, 11) is 6.13. The van der Waals surface area contributed by atoms with Crippen molar-refractivity contribution in [1.82, 2.24) is 26.5 Å². The number of carbonyl (C=O) groups is 4. The van der Waals surface area contributed by atoms with Crippen LogP contribution in [0.15, 0.2) is 9.98 Å². The Balaban J connectivity index is -0.000000401. The number of nitro groups is 2. The Morgan fingerprint density at radius 1 is 0.828 bits per heavy atom. The molecule has 0 aliphatic rings. The van der Waals surface area contributed by atoms with Crippen molar-refractivity contribution in [2.75, 3.05) is 48.1 Å². The Kier molecular flexibility index (Phi) is 33.9. The van der Waals surface area contributed by atoms with E-state index in [1.807, 2.05) is 13.8 Å². The Labute approximate surface area is 342 Å². The van der Waals surface area contributed by atoms with Gasteiger partial charge in [0, 0.05) is 46.0 Å². The summed E-state index contributed by atoms with van der Waals surface area (Å²) in [5, 5.41) is 43.8. The zero-order chi connectivity index (χ0) is 46.2. The van der Waals surface area contributed by atoms with Crippen LogP contribution in [0.4, 0.5) is 14.4 Å². The molecule has 0 aliphatic heterocycles. The van der Waals surface area contributed by atoms with Crippen LogP contribution in [0, 0.1) is 26.1 Å². The zero-order valence-corrected chi connectivity index (χ0v) is 36.0. The maximum Gasteiger partial charge on any atom is 0.408 e. The maximum atomic E-state index is 11.9. The van der Waals surface area contributed by atoms with Crippen molar-refractivity contribution >= 4 is 47.1 Å². The molecule has 0 radical (unpaired) electrons. The highest BCUT2D eigenvalue weighted by atomic mass is 35.5. The van der Waals surface area contributed by atoms with Crippen LogP contribution in [0.5, 0.6) is 0 Å². The van der Waals surface area contributed by atoms with Crippen LogP contribution in [0.2, 0.25) is 0 Å². The van der Waals surface area contributed by atoms with Gasteiger partial charge >= 0.3 is 23.6 Å². The molecule has 2 amide bonds. The van der Waals surface area contributed by atoms with E-state index in [0.717, 1.165) is 0 Å². The number of hydrogen-bond acceptors (Lipinski definition) is 17. The third-order valence-corrected chi connectivity index (χ3v) is 5.65. The van der Waals surface area contributed by atoms with Crippen LogP contribution in [0.1, 0.15) is 81.1 Å². The van der Waals surface area contributed by atoms with Gasteiger partial charge in [-0.15, -0.1) is 0 Å². The molecule has 0 saturated heterocycles. The molecule has 27 heteroatoms. The normalized spacial score (nSPS) is 13.0. The number of amides is 2. The smallest absolute Gasteiger partial charge is 0.408 e. The number of halogens is 1. The van der Waals surface area contributed by atoms with Crippen molar-refractivity contribution < 1.29 is 63.2 Å². The zero-order valence-electron chi connectivity index (χ0n) is 35.2. The average molecular weight is 866 g/mol. The summed E-state index contributed by atoms with van der Waals surface area (Å²) in [6.07, 6.45) is -1.61. The topological polar surface area (TPSA) is 369 Å². The number of carboxylic acid groups (broad SMARTS) is 1. The lowest BCUT2D eigenvalue weighted by Crippen LogP contribution is -2.51. The number of aliphatic carboxylic acids is 1. The van der Waals surface area contributed by atoms with E-state index in [1.54, 1.807) is 66.6 Å². The molecule has 0 unspecified atom stereocenters. The predicted molar refractivity (Wildman–Crippen MR) is 211 cm³/mol. The van der Waals surface area contributed by atoms with Crippen molar-refractivity contribution in [2.24, 2.45) is 27.4 Å². The van der Waals surface area contributed by atoms with E-state index >= 15 is 0 Å². The second-order valence-corrected chi connectivity index (χ2v) is 14.1. The number of likely N-dealkylation sites (N-methyl/N-ethyl adjacent to an activating group) is 1. The summed E-state index contributed by atoms with van der Waals surface area (Å²) < 4.78 is 18.8. The largest absolute Gasteiger partial charge is 0.480 e. The predicted octanol–water partition coefficient (Wildman–Crippen LogP) is 1.69. The number of guanidine groups is 2. The fourth-order valence-corrected chi connectivity index (χ4v) is 3.38. The molecule has 0 aromatic rings. The number of hydroxylamine groups is 2. The lowest BCUT2D eigenvalue weighted by Gasteiger charge is -2.30. The van der Waals surface area contributed by atoms with E-state index in [9.17, 15) is 44.5 Å². The average Bonchev–Trinajstić information content (AvgIpc) is 3.04. The van der Waals surface area contributed by atoms with Crippen LogP contribution < -0.4 is 33.0 Å². The molecule has 0 aromatic heterocycles. The maximum absolute atomic E-state index is 11.9. The van der Waals surface area contributed by atoms with Crippen LogP contribution in [0.25, 0.3) is 0 Å². The first-order valence-electron chi connectivity index (χ1n) is 17.3. The monoisotopic (exact) mass is 865 g/mol. The second-order valence-electron chi connectivity index (χ2n) is 13.8. The minimum atomic E-state index is -1.22. The van der Waals surface area contributed by atoms with E-state index < -0.39 is 63.2 Å². The van der Waals surface area contributed by atoms with Gasteiger partial charge in [0.25, 0.3) is 11.9 Å². The van der Waals surface area contributed by atoms with E-state index in [-0.39, 0.29) is 37.9 Å². The van der Waals surface area contributed by atoms with Crippen molar-refractivity contribution in [3.8, 4) is 0 Å². The number of nitrogens with zero attached hydrogens (tertiary/aromatic N) is 5. The van der Waals surface area contributed by atoms with Crippen molar-refractivity contribution in [2.45, 2.75) is 111 Å². The molecule has 58 heavy (non-hydrogen) atoms. The van der Waals surface area contributed by atoms with E-state index in [1.165, 1.54) is 19.2 Å². The summed E-state index contributed by atoms with van der Waals surface area (Å²) in [6, 6.07) is -1.85. The fourth-order valence-electron chi connectivity index (χ4n) is 3.32. The number of nitrogens with two attached hydrogens (primary N) is 2. The molecule has 0 bridgehead atoms. The van der Waals surface area contributed by atoms with Gasteiger partial charge in [-0.05, 0) is 73.1 Å². The summed E-state index contributed by atoms with van der Waals surface area (Å²) in [5.41, 5.74) is 11.7. The Bertz CT molecular complexity index is 1280. The first-order chi connectivity index (χ1) is 26.5. The van der Waals surface area contributed by atoms with Crippen molar-refractivity contribution in [1.29, 1.82) is 0 Å². The number of ether oxygens (including phenoxy) is 4. The molecular formula is C31H64ClN11O15. The fraction of sp³-hybridized carbons (Fsp3) is 0.806. The number of carboxylic acids is 1. The molecular weight excluding hydrogens is 802 g/mol. The van der Waals surface area contributed by atoms with Crippen LogP contribution in [-0.4, -0.2) is 138 Å². The Morgan fingerprint density at radius 2 is 1.22 bits per heavy atom. The summed E-state index contributed by atoms with van der Waals surface area (Å²) >= 11 is 4.86. The molecule has 0 heterocycles. The molecule has 0 saturated carbocycles. The van der Waals surface area contributed by atoms with E-state index in [4.69, 9.17) is 42.5 Å². The van der Waals surface area contributed by atoms with Crippen molar-refractivity contribution in [3.63, 3.8) is 0 Å². The highest BCUT2D eigenvalue weighted by Gasteiger charge is 2.27. The van der Waals surface area contributed by atoms with Crippen LogP contribution >= 0.6 is 11.6 Å². The van der Waals surface area contributed by atoms with Gasteiger partial charge in [0.1, 0.15) is 23.5 Å². The molecule has 26 nitrogen and oxygen atoms in total. The molecule has 3 atom stereocenters. The molecule has 10 N–H and O–H groups in total. The van der Waals surface area contributed by atoms with Crippen LogP contribution in [0.3, 0.4) is 0 Å². The molecule has 340 valence electrons. The van der Waals surface area contributed by atoms with E-state index in [0.29, 0.717) is 25.4 Å². The lowest BCUT2D eigenvalue weighted by molar-refractivity contribution is -0.525. The number of methoxy groups -OCH3 is 1. The third-order valence-electron chi connectivity index (χ3n) is 5.54. The quantitative estimate of drug-likeness (QED) is 0.0142. The molecule has 0 rings (SSSR count). The minimum absolute atomic E-state index is 0.0732.